The number of nitrogens with zero attached hydrogens (tertiary/aromatic N) is 1. The summed E-state index contributed by atoms with van der Waals surface area (Å²) in [5, 5.41) is 16.5. The molecule has 1 aromatic rings. The minimum absolute atomic E-state index is 0.0529. The Balaban J connectivity index is 2.39. The van der Waals surface area contributed by atoms with Crippen LogP contribution in [0.3, 0.4) is 0 Å². The van der Waals surface area contributed by atoms with Crippen LogP contribution >= 0.6 is 11.3 Å². The first kappa shape index (κ1) is 14.6. The zero-order chi connectivity index (χ0) is 13.5. The van der Waals surface area contributed by atoms with Crippen molar-refractivity contribution < 1.29 is 9.72 Å². The number of nitrogens with one attached hydrogen (secondary N) is 2. The van der Waals surface area contributed by atoms with E-state index in [0.29, 0.717) is 13.1 Å². The van der Waals surface area contributed by atoms with Crippen molar-refractivity contribution in [1.29, 1.82) is 0 Å². The summed E-state index contributed by atoms with van der Waals surface area (Å²) in [5.41, 5.74) is 0. The van der Waals surface area contributed by atoms with Crippen LogP contribution in [-0.2, 0) is 11.3 Å². The maximum absolute atomic E-state index is 11.6. The van der Waals surface area contributed by atoms with Gasteiger partial charge in [-0.2, -0.15) is 0 Å². The fourth-order valence-corrected chi connectivity index (χ4v) is 2.08. The van der Waals surface area contributed by atoms with E-state index in [1.165, 1.54) is 6.07 Å². The highest BCUT2D eigenvalue weighted by molar-refractivity contribution is 7.15. The summed E-state index contributed by atoms with van der Waals surface area (Å²) in [7, 11) is 0. The summed E-state index contributed by atoms with van der Waals surface area (Å²) in [6.07, 6.45) is 0.898. The number of amides is 1. The van der Waals surface area contributed by atoms with Crippen molar-refractivity contribution in [2.24, 2.45) is 0 Å². The van der Waals surface area contributed by atoms with Gasteiger partial charge in [0.25, 0.3) is 0 Å². The van der Waals surface area contributed by atoms with Crippen LogP contribution in [0.15, 0.2) is 12.1 Å². The lowest BCUT2D eigenvalue weighted by atomic mass is 10.3. The van der Waals surface area contributed by atoms with E-state index >= 15 is 0 Å². The Morgan fingerprint density at radius 3 is 2.83 bits per heavy atom. The Bertz CT molecular complexity index is 419. The van der Waals surface area contributed by atoms with Gasteiger partial charge in [-0.25, -0.2) is 0 Å². The molecular formula is C11H17N3O3S. The van der Waals surface area contributed by atoms with E-state index in [2.05, 4.69) is 10.6 Å². The predicted molar refractivity (Wildman–Crippen MR) is 70.6 cm³/mol. The summed E-state index contributed by atoms with van der Waals surface area (Å²) < 4.78 is 0. The molecular weight excluding hydrogens is 254 g/mol. The summed E-state index contributed by atoms with van der Waals surface area (Å²) in [6.45, 7) is 4.88. The molecule has 0 saturated carbocycles. The van der Waals surface area contributed by atoms with Gasteiger partial charge in [0.2, 0.25) is 5.91 Å². The van der Waals surface area contributed by atoms with Crippen molar-refractivity contribution in [2.75, 3.05) is 6.54 Å². The normalized spacial score (nSPS) is 12.1. The maximum Gasteiger partial charge on any atom is 0.324 e. The SMILES string of the molecule is CCCNC(=O)C(C)NCc1ccc([N+](=O)[O-])s1. The number of carbonyl (C=O) groups excluding carboxylic acids is 1. The van der Waals surface area contributed by atoms with E-state index < -0.39 is 4.92 Å². The molecule has 1 amide bonds. The highest BCUT2D eigenvalue weighted by Crippen LogP contribution is 2.23. The minimum Gasteiger partial charge on any atom is -0.355 e. The van der Waals surface area contributed by atoms with Gasteiger partial charge in [-0.3, -0.25) is 14.9 Å². The van der Waals surface area contributed by atoms with Gasteiger partial charge in [0.15, 0.2) is 0 Å². The Kier molecular flexibility index (Phi) is 5.73. The van der Waals surface area contributed by atoms with Crippen molar-refractivity contribution in [2.45, 2.75) is 32.9 Å². The molecule has 7 heteroatoms. The van der Waals surface area contributed by atoms with E-state index in [4.69, 9.17) is 0 Å². The molecule has 0 spiro atoms. The van der Waals surface area contributed by atoms with Crippen molar-refractivity contribution >= 4 is 22.2 Å². The Morgan fingerprint density at radius 1 is 1.56 bits per heavy atom. The second kappa shape index (κ2) is 7.07. The average Bonchev–Trinajstić information content (AvgIpc) is 2.81. The van der Waals surface area contributed by atoms with E-state index in [0.717, 1.165) is 22.6 Å². The van der Waals surface area contributed by atoms with Crippen LogP contribution in [0.2, 0.25) is 0 Å². The zero-order valence-corrected chi connectivity index (χ0v) is 11.3. The molecule has 0 aromatic carbocycles. The monoisotopic (exact) mass is 271 g/mol. The highest BCUT2D eigenvalue weighted by atomic mass is 32.1. The summed E-state index contributed by atoms with van der Waals surface area (Å²) >= 11 is 1.12. The van der Waals surface area contributed by atoms with Gasteiger partial charge >= 0.3 is 5.00 Å². The lowest BCUT2D eigenvalue weighted by Gasteiger charge is -2.12. The third kappa shape index (κ3) is 4.42. The van der Waals surface area contributed by atoms with E-state index in [1.807, 2.05) is 6.92 Å². The number of rotatable bonds is 7. The van der Waals surface area contributed by atoms with Crippen LogP contribution in [0, 0.1) is 10.1 Å². The molecule has 0 fully saturated rings. The third-order valence-corrected chi connectivity index (χ3v) is 3.39. The molecule has 2 N–H and O–H groups in total. The molecule has 1 heterocycles. The van der Waals surface area contributed by atoms with E-state index in [-0.39, 0.29) is 17.0 Å². The molecule has 0 aliphatic heterocycles. The molecule has 1 aromatic heterocycles. The van der Waals surface area contributed by atoms with Crippen molar-refractivity contribution in [3.05, 3.63) is 27.1 Å². The lowest BCUT2D eigenvalue weighted by Crippen LogP contribution is -2.41. The summed E-state index contributed by atoms with van der Waals surface area (Å²) in [6, 6.07) is 2.87. The quantitative estimate of drug-likeness (QED) is 0.583. The largest absolute Gasteiger partial charge is 0.355 e. The first-order chi connectivity index (χ1) is 8.54. The van der Waals surface area contributed by atoms with Gasteiger partial charge in [0.05, 0.1) is 11.0 Å². The van der Waals surface area contributed by atoms with Crippen LogP contribution in [0.1, 0.15) is 25.1 Å². The van der Waals surface area contributed by atoms with Crippen molar-refractivity contribution in [1.82, 2.24) is 10.6 Å². The number of hydrogen-bond donors (Lipinski definition) is 2. The number of nitro groups is 1. The summed E-state index contributed by atoms with van der Waals surface area (Å²) in [4.78, 5) is 22.5. The van der Waals surface area contributed by atoms with Gasteiger partial charge in [-0.1, -0.05) is 18.3 Å². The standard InChI is InChI=1S/C11H17N3O3S/c1-3-6-12-11(15)8(2)13-7-9-4-5-10(18-9)14(16)17/h4-5,8,13H,3,6-7H2,1-2H3,(H,12,15). The molecule has 6 nitrogen and oxygen atoms in total. The molecule has 1 atom stereocenters. The van der Waals surface area contributed by atoms with Crippen LogP contribution in [0.4, 0.5) is 5.00 Å². The average molecular weight is 271 g/mol. The van der Waals surface area contributed by atoms with Crippen LogP contribution in [0.25, 0.3) is 0 Å². The fraction of sp³-hybridized carbons (Fsp3) is 0.545. The third-order valence-electron chi connectivity index (χ3n) is 2.35. The molecule has 1 rings (SSSR count). The molecule has 1 unspecified atom stereocenters. The molecule has 0 aliphatic carbocycles. The summed E-state index contributed by atoms with van der Waals surface area (Å²) in [5.74, 6) is -0.0529. The van der Waals surface area contributed by atoms with Gasteiger partial charge in [-0.05, 0) is 19.4 Å². The highest BCUT2D eigenvalue weighted by Gasteiger charge is 2.13. The van der Waals surface area contributed by atoms with Gasteiger partial charge in [0.1, 0.15) is 0 Å². The Morgan fingerprint density at radius 2 is 2.28 bits per heavy atom. The van der Waals surface area contributed by atoms with Gasteiger partial charge < -0.3 is 10.6 Å². The number of carbonyl (C=O) groups is 1. The Labute approximate surface area is 110 Å². The topological polar surface area (TPSA) is 84.3 Å². The van der Waals surface area contributed by atoms with Crippen LogP contribution < -0.4 is 10.6 Å². The van der Waals surface area contributed by atoms with Crippen molar-refractivity contribution in [3.63, 3.8) is 0 Å². The predicted octanol–water partition coefficient (Wildman–Crippen LogP) is 1.66. The Hall–Kier alpha value is -1.47. The van der Waals surface area contributed by atoms with Gasteiger partial charge in [0, 0.05) is 24.0 Å². The molecule has 18 heavy (non-hydrogen) atoms. The first-order valence-corrected chi connectivity index (χ1v) is 6.60. The second-order valence-corrected chi connectivity index (χ2v) is 5.04. The van der Waals surface area contributed by atoms with Crippen LogP contribution in [0.5, 0.6) is 0 Å². The maximum atomic E-state index is 11.6. The van der Waals surface area contributed by atoms with E-state index in [1.54, 1.807) is 13.0 Å². The van der Waals surface area contributed by atoms with Crippen molar-refractivity contribution in [3.8, 4) is 0 Å². The lowest BCUT2D eigenvalue weighted by molar-refractivity contribution is -0.380. The molecule has 0 radical (unpaired) electrons. The molecule has 0 aliphatic rings. The zero-order valence-electron chi connectivity index (χ0n) is 10.4. The second-order valence-electron chi connectivity index (χ2n) is 3.89. The number of thiophene rings is 1. The van der Waals surface area contributed by atoms with Crippen LogP contribution in [-0.4, -0.2) is 23.4 Å². The van der Waals surface area contributed by atoms with Gasteiger partial charge in [-0.15, -0.1) is 0 Å². The number of hydrogen-bond acceptors (Lipinski definition) is 5. The molecule has 0 bridgehead atoms. The van der Waals surface area contributed by atoms with E-state index in [9.17, 15) is 14.9 Å². The first-order valence-electron chi connectivity index (χ1n) is 5.78. The minimum atomic E-state index is -0.411. The fourth-order valence-electron chi connectivity index (χ4n) is 1.31. The molecule has 0 saturated heterocycles. The smallest absolute Gasteiger partial charge is 0.324 e. The molecule has 100 valence electrons.